The molecule has 0 heterocycles. The van der Waals surface area contributed by atoms with Gasteiger partial charge >= 0.3 is 0 Å². The highest BCUT2D eigenvalue weighted by Crippen LogP contribution is 2.35. The van der Waals surface area contributed by atoms with Crippen LogP contribution in [0.15, 0.2) is 28.7 Å². The summed E-state index contributed by atoms with van der Waals surface area (Å²) in [4.78, 5) is 0. The fourth-order valence-electron chi connectivity index (χ4n) is 3.40. The van der Waals surface area contributed by atoms with Crippen molar-refractivity contribution < 1.29 is 0 Å². The highest BCUT2D eigenvalue weighted by Gasteiger charge is 2.25. The number of hydrogen-bond acceptors (Lipinski definition) is 1. The van der Waals surface area contributed by atoms with Crippen LogP contribution >= 0.6 is 15.9 Å². The van der Waals surface area contributed by atoms with Gasteiger partial charge in [-0.3, -0.25) is 0 Å². The van der Waals surface area contributed by atoms with Gasteiger partial charge in [0.25, 0.3) is 0 Å². The van der Waals surface area contributed by atoms with Crippen LogP contribution in [0.3, 0.4) is 0 Å². The minimum absolute atomic E-state index is 0.193. The average Bonchev–Trinajstić information content (AvgIpc) is 2.69. The van der Waals surface area contributed by atoms with Crippen molar-refractivity contribution in [3.05, 3.63) is 34.3 Å². The van der Waals surface area contributed by atoms with Gasteiger partial charge in [0.2, 0.25) is 0 Å². The molecule has 2 heteroatoms. The summed E-state index contributed by atoms with van der Waals surface area (Å²) >= 11 is 3.56. The Morgan fingerprint density at radius 3 is 2.14 bits per heavy atom. The van der Waals surface area contributed by atoms with Gasteiger partial charge < -0.3 is 5.32 Å². The Morgan fingerprint density at radius 2 is 1.62 bits per heavy atom. The fourth-order valence-corrected chi connectivity index (χ4v) is 3.66. The molecule has 1 fully saturated rings. The van der Waals surface area contributed by atoms with Crippen molar-refractivity contribution in [2.24, 2.45) is 5.92 Å². The molecule has 0 saturated heterocycles. The molecule has 0 radical (unpaired) electrons. The Balaban J connectivity index is 2.14. The van der Waals surface area contributed by atoms with E-state index in [-0.39, 0.29) is 5.54 Å². The molecule has 0 aromatic heterocycles. The van der Waals surface area contributed by atoms with Crippen LogP contribution in [0.25, 0.3) is 0 Å². The topological polar surface area (TPSA) is 12.0 Å². The number of benzene rings is 1. The zero-order valence-electron chi connectivity index (χ0n) is 13.8. The van der Waals surface area contributed by atoms with Crippen molar-refractivity contribution in [2.75, 3.05) is 6.54 Å². The van der Waals surface area contributed by atoms with Gasteiger partial charge in [-0.15, -0.1) is 0 Å². The van der Waals surface area contributed by atoms with Crippen molar-refractivity contribution in [2.45, 2.75) is 70.8 Å². The van der Waals surface area contributed by atoms with E-state index >= 15 is 0 Å². The van der Waals surface area contributed by atoms with E-state index in [1.54, 1.807) is 0 Å². The molecule has 1 nitrogen and oxygen atoms in total. The third kappa shape index (κ3) is 5.75. The normalized spacial score (nSPS) is 19.2. The van der Waals surface area contributed by atoms with Gasteiger partial charge in [0.05, 0.1) is 0 Å². The van der Waals surface area contributed by atoms with Gasteiger partial charge in [-0.25, -0.2) is 0 Å². The summed E-state index contributed by atoms with van der Waals surface area (Å²) in [5, 5.41) is 3.74. The molecule has 1 aromatic rings. The molecule has 1 saturated carbocycles. The van der Waals surface area contributed by atoms with E-state index in [2.05, 4.69) is 66.3 Å². The van der Waals surface area contributed by atoms with Crippen LogP contribution in [0.4, 0.5) is 0 Å². The maximum Gasteiger partial charge on any atom is 0.0175 e. The van der Waals surface area contributed by atoms with Gasteiger partial charge in [-0.05, 0) is 63.1 Å². The lowest BCUT2D eigenvalue weighted by molar-refractivity contribution is 0.324. The number of hydrogen-bond donors (Lipinski definition) is 1. The van der Waals surface area contributed by atoms with Gasteiger partial charge in [0.15, 0.2) is 0 Å². The first-order valence-electron chi connectivity index (χ1n) is 8.46. The number of halogens is 1. The molecule has 1 atom stereocenters. The van der Waals surface area contributed by atoms with Crippen LogP contribution in [0.1, 0.15) is 70.8 Å². The summed E-state index contributed by atoms with van der Waals surface area (Å²) in [6.07, 6.45) is 8.46. The van der Waals surface area contributed by atoms with Crippen molar-refractivity contribution in [1.82, 2.24) is 5.32 Å². The minimum Gasteiger partial charge on any atom is -0.311 e. The first kappa shape index (κ1) is 17.0. The van der Waals surface area contributed by atoms with E-state index in [1.165, 1.54) is 48.6 Å². The van der Waals surface area contributed by atoms with Gasteiger partial charge in [0, 0.05) is 16.6 Å². The summed E-state index contributed by atoms with van der Waals surface area (Å²) in [6.45, 7) is 7.88. The lowest BCUT2D eigenvalue weighted by atomic mass is 9.81. The zero-order valence-corrected chi connectivity index (χ0v) is 15.4. The maximum atomic E-state index is 3.74. The summed E-state index contributed by atoms with van der Waals surface area (Å²) < 4.78 is 1.18. The van der Waals surface area contributed by atoms with E-state index in [0.717, 1.165) is 12.5 Å². The lowest BCUT2D eigenvalue weighted by Gasteiger charge is -2.31. The highest BCUT2D eigenvalue weighted by molar-refractivity contribution is 9.10. The van der Waals surface area contributed by atoms with Crippen LogP contribution in [-0.2, 0) is 0 Å². The second-order valence-corrected chi connectivity index (χ2v) is 8.46. The molecule has 1 N–H and O–H groups in total. The van der Waals surface area contributed by atoms with E-state index in [1.807, 2.05) is 0 Å². The van der Waals surface area contributed by atoms with E-state index < -0.39 is 0 Å². The number of nitrogens with one attached hydrogen (secondary N) is 1. The molecule has 0 bridgehead atoms. The molecule has 0 spiro atoms. The molecule has 21 heavy (non-hydrogen) atoms. The molecule has 2 rings (SSSR count). The molecular weight excluding hydrogens is 322 g/mol. The maximum absolute atomic E-state index is 3.74. The molecular formula is C19H30BrN. The predicted octanol–water partition coefficient (Wildman–Crippen LogP) is 5.89. The molecule has 0 aliphatic heterocycles. The Kier molecular flexibility index (Phi) is 6.31. The van der Waals surface area contributed by atoms with Crippen LogP contribution < -0.4 is 5.32 Å². The number of rotatable bonds is 4. The van der Waals surface area contributed by atoms with Gasteiger partial charge in [-0.2, -0.15) is 0 Å². The third-order valence-electron chi connectivity index (χ3n) is 4.62. The molecule has 1 aliphatic rings. The van der Waals surface area contributed by atoms with E-state index in [4.69, 9.17) is 0 Å². The van der Waals surface area contributed by atoms with Gasteiger partial charge in [0.1, 0.15) is 0 Å². The van der Waals surface area contributed by atoms with Crippen LogP contribution in [0.5, 0.6) is 0 Å². The standard InChI is InChI=1S/C19H30BrN/c1-19(2,3)21-14-18(15-8-6-4-5-7-9-15)16-10-12-17(20)13-11-16/h10-13,15,18,21H,4-9,14H2,1-3H3. The predicted molar refractivity (Wildman–Crippen MR) is 95.8 cm³/mol. The molecule has 0 amide bonds. The van der Waals surface area contributed by atoms with Crippen molar-refractivity contribution in [3.8, 4) is 0 Å². The molecule has 1 aromatic carbocycles. The summed E-state index contributed by atoms with van der Waals surface area (Å²) in [6, 6.07) is 9.00. The largest absolute Gasteiger partial charge is 0.311 e. The average molecular weight is 352 g/mol. The Bertz CT molecular complexity index is 410. The van der Waals surface area contributed by atoms with E-state index in [0.29, 0.717) is 5.92 Å². The quantitative estimate of drug-likeness (QED) is 0.666. The summed E-state index contributed by atoms with van der Waals surface area (Å²) in [7, 11) is 0. The minimum atomic E-state index is 0.193. The first-order valence-corrected chi connectivity index (χ1v) is 9.25. The van der Waals surface area contributed by atoms with Crippen molar-refractivity contribution in [1.29, 1.82) is 0 Å². The lowest BCUT2D eigenvalue weighted by Crippen LogP contribution is -2.40. The van der Waals surface area contributed by atoms with Crippen LogP contribution in [0, 0.1) is 5.92 Å². The third-order valence-corrected chi connectivity index (χ3v) is 5.15. The SMILES string of the molecule is CC(C)(C)NCC(c1ccc(Br)cc1)C1CCCCCC1. The fraction of sp³-hybridized carbons (Fsp3) is 0.684. The summed E-state index contributed by atoms with van der Waals surface area (Å²) in [5.74, 6) is 1.49. The Morgan fingerprint density at radius 1 is 1.05 bits per heavy atom. The van der Waals surface area contributed by atoms with Crippen LogP contribution in [0.2, 0.25) is 0 Å². The van der Waals surface area contributed by atoms with Gasteiger partial charge in [-0.1, -0.05) is 53.7 Å². The second-order valence-electron chi connectivity index (χ2n) is 7.54. The smallest absolute Gasteiger partial charge is 0.0175 e. The second kappa shape index (κ2) is 7.78. The first-order chi connectivity index (χ1) is 9.96. The van der Waals surface area contributed by atoms with E-state index in [9.17, 15) is 0 Å². The molecule has 1 unspecified atom stereocenters. The zero-order chi connectivity index (χ0) is 15.3. The van der Waals surface area contributed by atoms with Crippen molar-refractivity contribution >= 4 is 15.9 Å². The Labute approximate surface area is 139 Å². The summed E-state index contributed by atoms with van der Waals surface area (Å²) in [5.41, 5.74) is 1.69. The molecule has 1 aliphatic carbocycles. The monoisotopic (exact) mass is 351 g/mol. The van der Waals surface area contributed by atoms with Crippen molar-refractivity contribution in [3.63, 3.8) is 0 Å². The Hall–Kier alpha value is -0.340. The molecule has 118 valence electrons. The highest BCUT2D eigenvalue weighted by atomic mass is 79.9. The van der Waals surface area contributed by atoms with Crippen LogP contribution in [-0.4, -0.2) is 12.1 Å².